The van der Waals surface area contributed by atoms with Crippen molar-refractivity contribution in [2.45, 2.75) is 45.4 Å². The third-order valence-electron chi connectivity index (χ3n) is 3.15. The maximum atomic E-state index is 12.0. The molecule has 0 saturated carbocycles. The van der Waals surface area contributed by atoms with Crippen LogP contribution < -0.4 is 5.32 Å². The Kier molecular flexibility index (Phi) is 5.38. The molecule has 7 nitrogen and oxygen atoms in total. The van der Waals surface area contributed by atoms with Gasteiger partial charge in [-0.3, -0.25) is 14.9 Å². The van der Waals surface area contributed by atoms with E-state index in [9.17, 15) is 9.59 Å². The molecule has 0 radical (unpaired) electrons. The lowest BCUT2D eigenvalue weighted by atomic mass is 10.1. The molecule has 0 spiro atoms. The zero-order valence-corrected chi connectivity index (χ0v) is 13.1. The highest BCUT2D eigenvalue weighted by molar-refractivity contribution is 7.15. The minimum atomic E-state index is -0.314. The Morgan fingerprint density at radius 3 is 2.86 bits per heavy atom. The number of nitrogens with one attached hydrogen (secondary N) is 1. The van der Waals surface area contributed by atoms with Crippen molar-refractivity contribution < 1.29 is 9.59 Å². The summed E-state index contributed by atoms with van der Waals surface area (Å²) >= 11 is 1.39. The number of hydrogen-bond donors (Lipinski definition) is 1. The average molecular weight is 309 g/mol. The number of aryl methyl sites for hydroxylation is 1. The zero-order valence-electron chi connectivity index (χ0n) is 12.3. The van der Waals surface area contributed by atoms with Gasteiger partial charge >= 0.3 is 0 Å². The van der Waals surface area contributed by atoms with Crippen LogP contribution >= 0.6 is 11.3 Å². The summed E-state index contributed by atoms with van der Waals surface area (Å²) in [5.41, 5.74) is 0.347. The maximum absolute atomic E-state index is 12.0. The summed E-state index contributed by atoms with van der Waals surface area (Å²) in [6, 6.07) is 0. The van der Waals surface area contributed by atoms with Gasteiger partial charge < -0.3 is 0 Å². The molecule has 1 aromatic heterocycles. The number of aromatic nitrogens is 2. The molecule has 1 N–H and O–H groups in total. The number of rotatable bonds is 6. The molecule has 1 aromatic rings. The zero-order chi connectivity index (χ0) is 15.2. The molecule has 1 aliphatic rings. The number of unbranched alkanes of at least 4 members (excludes halogenated alkanes) is 2. The van der Waals surface area contributed by atoms with Crippen LogP contribution in [-0.2, 0) is 16.0 Å². The molecule has 2 rings (SSSR count). The molecular formula is C13H19N5O2S. The van der Waals surface area contributed by atoms with E-state index >= 15 is 0 Å². The molecule has 1 aliphatic heterocycles. The average Bonchev–Trinajstić information content (AvgIpc) is 2.89. The molecule has 0 atom stereocenters. The van der Waals surface area contributed by atoms with Crippen molar-refractivity contribution in [1.82, 2.24) is 15.2 Å². The van der Waals surface area contributed by atoms with Crippen LogP contribution in [0.15, 0.2) is 5.10 Å². The highest BCUT2D eigenvalue weighted by Gasteiger charge is 2.22. The van der Waals surface area contributed by atoms with E-state index in [0.717, 1.165) is 24.3 Å². The predicted molar refractivity (Wildman–Crippen MR) is 81.2 cm³/mol. The highest BCUT2D eigenvalue weighted by atomic mass is 32.1. The lowest BCUT2D eigenvalue weighted by Crippen LogP contribution is -2.34. The molecule has 2 heterocycles. The van der Waals surface area contributed by atoms with Gasteiger partial charge in [-0.2, -0.15) is 5.10 Å². The molecule has 114 valence electrons. The minimum Gasteiger partial charge on any atom is -0.295 e. The van der Waals surface area contributed by atoms with Crippen LogP contribution in [0.25, 0.3) is 0 Å². The third kappa shape index (κ3) is 4.32. The maximum Gasteiger partial charge on any atom is 0.273 e. The summed E-state index contributed by atoms with van der Waals surface area (Å²) in [5, 5.41) is 17.3. The van der Waals surface area contributed by atoms with E-state index in [-0.39, 0.29) is 11.8 Å². The third-order valence-corrected chi connectivity index (χ3v) is 4.05. The molecule has 0 aliphatic carbocycles. The number of carbonyl (C=O) groups excluding carboxylic acids is 2. The van der Waals surface area contributed by atoms with Crippen molar-refractivity contribution in [3.8, 4) is 0 Å². The number of hydrogen-bond acceptors (Lipinski definition) is 6. The quantitative estimate of drug-likeness (QED) is 0.812. The van der Waals surface area contributed by atoms with E-state index in [0.29, 0.717) is 23.7 Å². The van der Waals surface area contributed by atoms with Gasteiger partial charge in [0.15, 0.2) is 0 Å². The van der Waals surface area contributed by atoms with Crippen LogP contribution in [0, 0.1) is 0 Å². The van der Waals surface area contributed by atoms with E-state index in [4.69, 9.17) is 0 Å². The lowest BCUT2D eigenvalue weighted by Gasteiger charge is -2.18. The molecule has 0 saturated heterocycles. The molecular weight excluding hydrogens is 290 g/mol. The lowest BCUT2D eigenvalue weighted by molar-refractivity contribution is -0.130. The topological polar surface area (TPSA) is 87.6 Å². The number of amides is 2. The van der Waals surface area contributed by atoms with Gasteiger partial charge in [0.1, 0.15) is 10.7 Å². The fourth-order valence-corrected chi connectivity index (χ4v) is 2.71. The Hall–Kier alpha value is -1.83. The molecule has 0 fully saturated rings. The summed E-state index contributed by atoms with van der Waals surface area (Å²) in [5.74, 6) is -0.397. The van der Waals surface area contributed by atoms with E-state index in [1.54, 1.807) is 7.05 Å². The Bertz CT molecular complexity index is 555. The normalized spacial score (nSPS) is 15.0. The molecule has 0 bridgehead atoms. The van der Waals surface area contributed by atoms with Gasteiger partial charge in [-0.15, -0.1) is 10.2 Å². The Labute approximate surface area is 127 Å². The van der Waals surface area contributed by atoms with Crippen molar-refractivity contribution in [2.75, 3.05) is 12.4 Å². The van der Waals surface area contributed by atoms with Gasteiger partial charge in [-0.1, -0.05) is 31.1 Å². The van der Waals surface area contributed by atoms with Crippen molar-refractivity contribution in [2.24, 2.45) is 5.10 Å². The Morgan fingerprint density at radius 1 is 1.33 bits per heavy atom. The molecule has 8 heteroatoms. The standard InChI is InChI=1S/C13H19N5O2S/c1-3-4-5-6-10-15-16-13(21-10)14-12(20)9-7-8-11(19)18(2)17-9/h3-8H2,1-2H3,(H,14,16,20). The molecule has 2 amide bonds. The number of nitrogens with zero attached hydrogens (tertiary/aromatic N) is 4. The van der Waals surface area contributed by atoms with Crippen LogP contribution in [-0.4, -0.2) is 39.8 Å². The predicted octanol–water partition coefficient (Wildman–Crippen LogP) is 1.82. The van der Waals surface area contributed by atoms with Gasteiger partial charge in [0, 0.05) is 26.3 Å². The van der Waals surface area contributed by atoms with Crippen molar-refractivity contribution in [3.63, 3.8) is 0 Å². The van der Waals surface area contributed by atoms with Gasteiger partial charge in [-0.05, 0) is 6.42 Å². The Balaban J connectivity index is 1.91. The fraction of sp³-hybridized carbons (Fsp3) is 0.615. The van der Waals surface area contributed by atoms with Crippen molar-refractivity contribution >= 4 is 34.0 Å². The van der Waals surface area contributed by atoms with E-state index in [1.165, 1.54) is 22.8 Å². The smallest absolute Gasteiger partial charge is 0.273 e. The molecule has 0 aromatic carbocycles. The monoisotopic (exact) mass is 309 g/mol. The second-order valence-electron chi connectivity index (χ2n) is 4.88. The number of hydrazone groups is 1. The molecule has 0 unspecified atom stereocenters. The van der Waals surface area contributed by atoms with Gasteiger partial charge in [0.2, 0.25) is 11.0 Å². The Morgan fingerprint density at radius 2 is 2.14 bits per heavy atom. The van der Waals surface area contributed by atoms with E-state index in [2.05, 4.69) is 27.5 Å². The summed E-state index contributed by atoms with van der Waals surface area (Å²) in [6.07, 6.45) is 4.96. The van der Waals surface area contributed by atoms with Crippen LogP contribution in [0.2, 0.25) is 0 Å². The van der Waals surface area contributed by atoms with Gasteiger partial charge in [0.25, 0.3) is 5.91 Å². The number of carbonyl (C=O) groups is 2. The second-order valence-corrected chi connectivity index (χ2v) is 5.94. The summed E-state index contributed by atoms with van der Waals surface area (Å²) in [7, 11) is 1.55. The van der Waals surface area contributed by atoms with Crippen LogP contribution in [0.1, 0.15) is 44.0 Å². The SMILES string of the molecule is CCCCCc1nnc(NC(=O)C2=NN(C)C(=O)CC2)s1. The second kappa shape index (κ2) is 7.26. The summed E-state index contributed by atoms with van der Waals surface area (Å²) in [4.78, 5) is 23.4. The minimum absolute atomic E-state index is 0.0827. The first-order valence-corrected chi connectivity index (χ1v) is 7.89. The van der Waals surface area contributed by atoms with Crippen LogP contribution in [0.3, 0.4) is 0 Å². The summed E-state index contributed by atoms with van der Waals surface area (Å²) < 4.78 is 0. The van der Waals surface area contributed by atoms with Crippen molar-refractivity contribution in [3.05, 3.63) is 5.01 Å². The first-order chi connectivity index (χ1) is 10.1. The number of anilines is 1. The molecule has 21 heavy (non-hydrogen) atoms. The summed E-state index contributed by atoms with van der Waals surface area (Å²) in [6.45, 7) is 2.15. The fourth-order valence-electron chi connectivity index (χ4n) is 1.93. The van der Waals surface area contributed by atoms with Gasteiger partial charge in [0.05, 0.1) is 0 Å². The van der Waals surface area contributed by atoms with Crippen LogP contribution in [0.4, 0.5) is 5.13 Å². The first kappa shape index (κ1) is 15.6. The van der Waals surface area contributed by atoms with E-state index in [1.807, 2.05) is 0 Å². The largest absolute Gasteiger partial charge is 0.295 e. The van der Waals surface area contributed by atoms with E-state index < -0.39 is 0 Å². The first-order valence-electron chi connectivity index (χ1n) is 7.08. The highest BCUT2D eigenvalue weighted by Crippen LogP contribution is 2.18. The van der Waals surface area contributed by atoms with Crippen LogP contribution in [0.5, 0.6) is 0 Å². The van der Waals surface area contributed by atoms with Crippen molar-refractivity contribution in [1.29, 1.82) is 0 Å². The van der Waals surface area contributed by atoms with Gasteiger partial charge in [-0.25, -0.2) is 5.01 Å².